The summed E-state index contributed by atoms with van der Waals surface area (Å²) in [4.78, 5) is 0. The van der Waals surface area contributed by atoms with Gasteiger partial charge in [-0.1, -0.05) is 31.4 Å². The lowest BCUT2D eigenvalue weighted by Gasteiger charge is -2.29. The van der Waals surface area contributed by atoms with Gasteiger partial charge in [-0.25, -0.2) is 0 Å². The average Bonchev–Trinajstić information content (AvgIpc) is 2.07. The van der Waals surface area contributed by atoms with Gasteiger partial charge >= 0.3 is 0 Å². The lowest BCUT2D eigenvalue weighted by atomic mass is 9.78. The molecule has 0 spiro atoms. The highest BCUT2D eigenvalue weighted by Gasteiger charge is 2.22. The molecule has 0 saturated heterocycles. The highest BCUT2D eigenvalue weighted by molar-refractivity contribution is 4.99. The van der Waals surface area contributed by atoms with Crippen molar-refractivity contribution in [2.75, 3.05) is 6.61 Å². The minimum absolute atomic E-state index is 0.292. The summed E-state index contributed by atoms with van der Waals surface area (Å²) in [7, 11) is 0. The molecule has 0 aromatic heterocycles. The summed E-state index contributed by atoms with van der Waals surface area (Å²) in [6, 6.07) is 0. The highest BCUT2D eigenvalue weighted by Crippen LogP contribution is 2.32. The molecular weight excluding hydrogens is 148 g/mol. The van der Waals surface area contributed by atoms with Gasteiger partial charge in [-0.2, -0.15) is 0 Å². The summed E-state index contributed by atoms with van der Waals surface area (Å²) < 4.78 is 0. The van der Waals surface area contributed by atoms with Crippen molar-refractivity contribution in [3.8, 4) is 0 Å². The van der Waals surface area contributed by atoms with Crippen molar-refractivity contribution in [1.29, 1.82) is 0 Å². The predicted octanol–water partition coefficient (Wildman–Crippen LogP) is 2.75. The van der Waals surface area contributed by atoms with Gasteiger partial charge in [-0.3, -0.25) is 0 Å². The fourth-order valence-corrected chi connectivity index (χ4v) is 2.24. The fraction of sp³-hybridized carbons (Fsp3) is 0.818. The Hall–Kier alpha value is -0.300. The van der Waals surface area contributed by atoms with Crippen LogP contribution in [0.3, 0.4) is 0 Å². The van der Waals surface area contributed by atoms with Crippen LogP contribution >= 0.6 is 0 Å². The van der Waals surface area contributed by atoms with Gasteiger partial charge in [0.05, 0.1) is 0 Å². The molecule has 12 heavy (non-hydrogen) atoms. The van der Waals surface area contributed by atoms with Crippen LogP contribution < -0.4 is 0 Å². The Bertz CT molecular complexity index is 145. The maximum Gasteiger partial charge on any atom is 0.0498 e. The summed E-state index contributed by atoms with van der Waals surface area (Å²) >= 11 is 0. The zero-order valence-corrected chi connectivity index (χ0v) is 8.05. The zero-order valence-electron chi connectivity index (χ0n) is 8.05. The van der Waals surface area contributed by atoms with Crippen LogP contribution in [-0.4, -0.2) is 11.7 Å². The molecule has 1 N–H and O–H groups in total. The minimum Gasteiger partial charge on any atom is -0.396 e. The van der Waals surface area contributed by atoms with Gasteiger partial charge in [0, 0.05) is 12.5 Å². The van der Waals surface area contributed by atoms with E-state index in [1.54, 1.807) is 0 Å². The molecule has 0 bridgehead atoms. The van der Waals surface area contributed by atoms with Crippen LogP contribution in [0, 0.1) is 11.8 Å². The first-order chi connectivity index (χ1) is 5.75. The Labute approximate surface area is 75.5 Å². The summed E-state index contributed by atoms with van der Waals surface area (Å²) in [5.74, 6) is 1.08. The third-order valence-corrected chi connectivity index (χ3v) is 3.05. The number of aliphatic hydroxyl groups excluding tert-OH is 1. The first-order valence-corrected chi connectivity index (χ1v) is 5.02. The van der Waals surface area contributed by atoms with Crippen molar-refractivity contribution in [3.63, 3.8) is 0 Å². The van der Waals surface area contributed by atoms with E-state index in [1.165, 1.54) is 32.1 Å². The average molecular weight is 168 g/mol. The number of hydrogen-bond donors (Lipinski definition) is 1. The van der Waals surface area contributed by atoms with E-state index in [9.17, 15) is 5.11 Å². The van der Waals surface area contributed by atoms with Gasteiger partial charge in [-0.15, -0.1) is 0 Å². The van der Waals surface area contributed by atoms with Gasteiger partial charge < -0.3 is 5.11 Å². The quantitative estimate of drug-likeness (QED) is 0.642. The van der Waals surface area contributed by atoms with Crippen LogP contribution in [0.1, 0.15) is 39.0 Å². The van der Waals surface area contributed by atoms with Crippen LogP contribution in [0.15, 0.2) is 12.2 Å². The van der Waals surface area contributed by atoms with Gasteiger partial charge in [0.25, 0.3) is 0 Å². The van der Waals surface area contributed by atoms with Gasteiger partial charge in [0.15, 0.2) is 0 Å². The fourth-order valence-electron chi connectivity index (χ4n) is 2.24. The first kappa shape index (κ1) is 9.79. The molecule has 0 heterocycles. The predicted molar refractivity (Wildman–Crippen MR) is 52.0 cm³/mol. The number of hydrogen-bond acceptors (Lipinski definition) is 1. The zero-order chi connectivity index (χ0) is 8.97. The molecule has 1 atom stereocenters. The molecule has 0 aromatic rings. The van der Waals surface area contributed by atoms with Crippen LogP contribution in [0.5, 0.6) is 0 Å². The molecule has 1 aliphatic carbocycles. The SMILES string of the molecule is C=C(C)C(CO)C1CCCCC1. The monoisotopic (exact) mass is 168 g/mol. The topological polar surface area (TPSA) is 20.2 Å². The smallest absolute Gasteiger partial charge is 0.0498 e. The molecule has 0 aromatic carbocycles. The Morgan fingerprint density at radius 2 is 2.00 bits per heavy atom. The molecule has 1 aliphatic rings. The lowest BCUT2D eigenvalue weighted by Crippen LogP contribution is -2.21. The second-order valence-corrected chi connectivity index (χ2v) is 4.03. The third-order valence-electron chi connectivity index (χ3n) is 3.05. The number of rotatable bonds is 3. The van der Waals surface area contributed by atoms with E-state index in [4.69, 9.17) is 0 Å². The van der Waals surface area contributed by atoms with E-state index >= 15 is 0 Å². The molecule has 1 saturated carbocycles. The van der Waals surface area contributed by atoms with E-state index in [0.717, 1.165) is 5.57 Å². The largest absolute Gasteiger partial charge is 0.396 e. The molecule has 0 aliphatic heterocycles. The molecule has 70 valence electrons. The minimum atomic E-state index is 0.292. The molecule has 1 fully saturated rings. The van der Waals surface area contributed by atoms with Gasteiger partial charge in [0.1, 0.15) is 0 Å². The second-order valence-electron chi connectivity index (χ2n) is 4.03. The van der Waals surface area contributed by atoms with Crippen LogP contribution in [-0.2, 0) is 0 Å². The first-order valence-electron chi connectivity index (χ1n) is 5.02. The Balaban J connectivity index is 2.46. The molecule has 1 nitrogen and oxygen atoms in total. The number of aliphatic hydroxyl groups is 1. The molecule has 1 unspecified atom stereocenters. The summed E-state index contributed by atoms with van der Waals surface area (Å²) in [5, 5.41) is 9.19. The van der Waals surface area contributed by atoms with Crippen LogP contribution in [0.2, 0.25) is 0 Å². The highest BCUT2D eigenvalue weighted by atomic mass is 16.3. The van der Waals surface area contributed by atoms with E-state index in [1.807, 2.05) is 6.92 Å². The van der Waals surface area contributed by atoms with Crippen molar-refractivity contribution in [2.45, 2.75) is 39.0 Å². The maximum atomic E-state index is 9.19. The van der Waals surface area contributed by atoms with Crippen molar-refractivity contribution >= 4 is 0 Å². The van der Waals surface area contributed by atoms with E-state index < -0.39 is 0 Å². The van der Waals surface area contributed by atoms with Crippen LogP contribution in [0.4, 0.5) is 0 Å². The second kappa shape index (κ2) is 4.66. The van der Waals surface area contributed by atoms with Crippen molar-refractivity contribution in [2.24, 2.45) is 11.8 Å². The van der Waals surface area contributed by atoms with E-state index in [2.05, 4.69) is 6.58 Å². The molecule has 1 rings (SSSR count). The van der Waals surface area contributed by atoms with Crippen molar-refractivity contribution < 1.29 is 5.11 Å². The third kappa shape index (κ3) is 2.34. The lowest BCUT2D eigenvalue weighted by molar-refractivity contribution is 0.172. The Morgan fingerprint density at radius 3 is 2.42 bits per heavy atom. The summed E-state index contributed by atoms with van der Waals surface area (Å²) in [6.45, 7) is 6.27. The summed E-state index contributed by atoms with van der Waals surface area (Å²) in [5.41, 5.74) is 1.16. The van der Waals surface area contributed by atoms with E-state index in [-0.39, 0.29) is 0 Å². The van der Waals surface area contributed by atoms with Crippen molar-refractivity contribution in [3.05, 3.63) is 12.2 Å². The molecule has 0 radical (unpaired) electrons. The van der Waals surface area contributed by atoms with Gasteiger partial charge in [-0.05, 0) is 25.7 Å². The standard InChI is InChI=1S/C11H20O/c1-9(2)11(8-12)10-6-4-3-5-7-10/h10-12H,1,3-8H2,2H3. The van der Waals surface area contributed by atoms with Crippen molar-refractivity contribution in [1.82, 2.24) is 0 Å². The maximum absolute atomic E-state index is 9.19. The molecule has 1 heteroatoms. The normalized spacial score (nSPS) is 22.2. The molecular formula is C11H20O. The van der Waals surface area contributed by atoms with E-state index in [0.29, 0.717) is 18.4 Å². The van der Waals surface area contributed by atoms with Gasteiger partial charge in [0.2, 0.25) is 0 Å². The summed E-state index contributed by atoms with van der Waals surface area (Å²) in [6.07, 6.45) is 6.64. The Kier molecular flexibility index (Phi) is 3.80. The Morgan fingerprint density at radius 1 is 1.42 bits per heavy atom. The molecule has 0 amide bonds. The van der Waals surface area contributed by atoms with Crippen LogP contribution in [0.25, 0.3) is 0 Å².